The third-order valence-corrected chi connectivity index (χ3v) is 4.56. The summed E-state index contributed by atoms with van der Waals surface area (Å²) in [6, 6.07) is 7.70. The molecule has 0 bridgehead atoms. The highest BCUT2D eigenvalue weighted by Gasteiger charge is 2.29. The van der Waals surface area contributed by atoms with Crippen molar-refractivity contribution in [3.05, 3.63) is 42.0 Å². The molecule has 4 heteroatoms. The Morgan fingerprint density at radius 1 is 1.17 bits per heavy atom. The van der Waals surface area contributed by atoms with Gasteiger partial charge in [-0.15, -0.1) is 0 Å². The first kappa shape index (κ1) is 15.8. The minimum Gasteiger partial charge on any atom is -0.350 e. The van der Waals surface area contributed by atoms with Crippen LogP contribution in [-0.2, 0) is 9.59 Å². The van der Waals surface area contributed by atoms with Crippen molar-refractivity contribution in [1.82, 2.24) is 5.32 Å². The van der Waals surface area contributed by atoms with Crippen LogP contribution in [0.25, 0.3) is 0 Å². The fourth-order valence-electron chi connectivity index (χ4n) is 2.93. The van der Waals surface area contributed by atoms with Crippen LogP contribution in [0.1, 0.15) is 50.6 Å². The summed E-state index contributed by atoms with van der Waals surface area (Å²) < 4.78 is 0. The van der Waals surface area contributed by atoms with Gasteiger partial charge in [-0.3, -0.25) is 9.59 Å². The average molecular weight is 312 g/mol. The van der Waals surface area contributed by atoms with E-state index in [0.29, 0.717) is 12.3 Å². The van der Waals surface area contributed by atoms with Gasteiger partial charge in [-0.1, -0.05) is 24.3 Å². The van der Waals surface area contributed by atoms with E-state index in [1.54, 1.807) is 0 Å². The summed E-state index contributed by atoms with van der Waals surface area (Å²) in [6.07, 6.45) is 9.03. The second kappa shape index (κ2) is 6.99. The highest BCUT2D eigenvalue weighted by Crippen LogP contribution is 2.30. The monoisotopic (exact) mass is 312 g/mol. The number of nitrogens with one attached hydrogen (secondary N) is 2. The van der Waals surface area contributed by atoms with Crippen LogP contribution in [-0.4, -0.2) is 11.8 Å². The quantitative estimate of drug-likeness (QED) is 0.789. The first-order valence-electron chi connectivity index (χ1n) is 8.48. The molecule has 4 nitrogen and oxygen atoms in total. The smallest absolute Gasteiger partial charge is 0.227 e. The van der Waals surface area contributed by atoms with Crippen LogP contribution in [0.15, 0.2) is 36.4 Å². The second-order valence-corrected chi connectivity index (χ2v) is 6.64. The van der Waals surface area contributed by atoms with Crippen LogP contribution in [0.4, 0.5) is 5.69 Å². The Bertz CT molecular complexity index is 602. The van der Waals surface area contributed by atoms with E-state index in [1.165, 1.54) is 0 Å². The molecule has 2 aliphatic rings. The number of hydrogen-bond donors (Lipinski definition) is 2. The molecule has 122 valence electrons. The zero-order valence-corrected chi connectivity index (χ0v) is 13.5. The standard InChI is InChI=1S/C19H24N2O2/c1-13(20-18(22)12-14-4-2-3-5-14)15-8-10-17(11-9-15)21-19(23)16-6-7-16/h2,4,8-11,13-14,16H,3,5-7,12H2,1H3,(H,20,22)(H,21,23)/t13-,14-/m0/s1. The van der Waals surface area contributed by atoms with Gasteiger partial charge in [0.2, 0.25) is 11.8 Å². The number of carbonyl (C=O) groups excluding carboxylic acids is 2. The van der Waals surface area contributed by atoms with Crippen LogP contribution in [0.2, 0.25) is 0 Å². The van der Waals surface area contributed by atoms with Gasteiger partial charge in [0.15, 0.2) is 0 Å². The van der Waals surface area contributed by atoms with Gasteiger partial charge in [0.05, 0.1) is 6.04 Å². The number of hydrogen-bond acceptors (Lipinski definition) is 2. The Kier molecular flexibility index (Phi) is 4.79. The molecule has 1 fully saturated rings. The summed E-state index contributed by atoms with van der Waals surface area (Å²) in [4.78, 5) is 23.8. The zero-order chi connectivity index (χ0) is 16.2. The van der Waals surface area contributed by atoms with Crippen LogP contribution in [0.5, 0.6) is 0 Å². The molecule has 2 amide bonds. The van der Waals surface area contributed by atoms with E-state index in [2.05, 4.69) is 22.8 Å². The normalized spacial score (nSPS) is 21.0. The Hall–Kier alpha value is -2.10. The lowest BCUT2D eigenvalue weighted by molar-refractivity contribution is -0.122. The average Bonchev–Trinajstić information content (AvgIpc) is 3.27. The molecule has 2 aliphatic carbocycles. The van der Waals surface area contributed by atoms with Gasteiger partial charge >= 0.3 is 0 Å². The molecule has 0 heterocycles. The zero-order valence-electron chi connectivity index (χ0n) is 13.5. The Morgan fingerprint density at radius 3 is 2.52 bits per heavy atom. The first-order valence-corrected chi connectivity index (χ1v) is 8.48. The number of amides is 2. The summed E-state index contributed by atoms with van der Waals surface area (Å²) >= 11 is 0. The maximum Gasteiger partial charge on any atom is 0.227 e. The number of allylic oxidation sites excluding steroid dienone is 2. The van der Waals surface area contributed by atoms with E-state index in [0.717, 1.165) is 36.9 Å². The predicted octanol–water partition coefficient (Wildman–Crippen LogP) is 3.57. The van der Waals surface area contributed by atoms with E-state index in [-0.39, 0.29) is 23.8 Å². The lowest BCUT2D eigenvalue weighted by Gasteiger charge is -2.16. The van der Waals surface area contributed by atoms with E-state index in [9.17, 15) is 9.59 Å². The predicted molar refractivity (Wildman–Crippen MR) is 90.8 cm³/mol. The summed E-state index contributed by atoms with van der Waals surface area (Å²) in [6.45, 7) is 1.99. The van der Waals surface area contributed by atoms with Crippen molar-refractivity contribution in [3.8, 4) is 0 Å². The molecule has 1 aromatic carbocycles. The van der Waals surface area contributed by atoms with Crippen molar-refractivity contribution in [2.45, 2.75) is 45.1 Å². The minimum absolute atomic E-state index is 0.0268. The third kappa shape index (κ3) is 4.44. The largest absolute Gasteiger partial charge is 0.350 e. The van der Waals surface area contributed by atoms with Crippen molar-refractivity contribution in [1.29, 1.82) is 0 Å². The van der Waals surface area contributed by atoms with Gasteiger partial charge in [0.25, 0.3) is 0 Å². The van der Waals surface area contributed by atoms with E-state index in [1.807, 2.05) is 31.2 Å². The van der Waals surface area contributed by atoms with Crippen molar-refractivity contribution >= 4 is 17.5 Å². The van der Waals surface area contributed by atoms with Gasteiger partial charge in [-0.25, -0.2) is 0 Å². The Balaban J connectivity index is 1.50. The molecule has 0 unspecified atom stereocenters. The summed E-state index contributed by atoms with van der Waals surface area (Å²) in [5.41, 5.74) is 1.87. The highest BCUT2D eigenvalue weighted by atomic mass is 16.2. The molecule has 0 spiro atoms. The van der Waals surface area contributed by atoms with Crippen LogP contribution in [0, 0.1) is 11.8 Å². The number of anilines is 1. The Labute approximate surface area is 137 Å². The minimum atomic E-state index is -0.0268. The van der Waals surface area contributed by atoms with E-state index in [4.69, 9.17) is 0 Å². The summed E-state index contributed by atoms with van der Waals surface area (Å²) in [5.74, 6) is 0.809. The lowest BCUT2D eigenvalue weighted by atomic mass is 10.0. The lowest BCUT2D eigenvalue weighted by Crippen LogP contribution is -2.27. The molecule has 3 rings (SSSR count). The number of carbonyl (C=O) groups is 2. The Morgan fingerprint density at radius 2 is 1.91 bits per heavy atom. The van der Waals surface area contributed by atoms with Crippen molar-refractivity contribution in [2.24, 2.45) is 11.8 Å². The molecular formula is C19H24N2O2. The maximum atomic E-state index is 12.1. The fourth-order valence-corrected chi connectivity index (χ4v) is 2.93. The maximum absolute atomic E-state index is 12.1. The van der Waals surface area contributed by atoms with Crippen molar-refractivity contribution in [2.75, 3.05) is 5.32 Å². The molecule has 1 aromatic rings. The third-order valence-electron chi connectivity index (χ3n) is 4.56. The SMILES string of the molecule is C[C@H](NC(=O)C[C@H]1C=CCC1)c1ccc(NC(=O)C2CC2)cc1. The van der Waals surface area contributed by atoms with E-state index < -0.39 is 0 Å². The van der Waals surface area contributed by atoms with Crippen molar-refractivity contribution < 1.29 is 9.59 Å². The molecule has 23 heavy (non-hydrogen) atoms. The van der Waals surface area contributed by atoms with Crippen LogP contribution < -0.4 is 10.6 Å². The van der Waals surface area contributed by atoms with Crippen molar-refractivity contribution in [3.63, 3.8) is 0 Å². The summed E-state index contributed by atoms with van der Waals surface area (Å²) in [7, 11) is 0. The topological polar surface area (TPSA) is 58.2 Å². The van der Waals surface area contributed by atoms with Gasteiger partial charge < -0.3 is 10.6 Å². The molecule has 0 aliphatic heterocycles. The number of benzene rings is 1. The molecule has 0 aromatic heterocycles. The van der Waals surface area contributed by atoms with Gasteiger partial charge in [0.1, 0.15) is 0 Å². The summed E-state index contributed by atoms with van der Waals surface area (Å²) in [5, 5.41) is 5.98. The molecular weight excluding hydrogens is 288 g/mol. The molecule has 2 N–H and O–H groups in total. The fraction of sp³-hybridized carbons (Fsp3) is 0.474. The molecule has 2 atom stereocenters. The highest BCUT2D eigenvalue weighted by molar-refractivity contribution is 5.94. The molecule has 1 saturated carbocycles. The molecule has 0 radical (unpaired) electrons. The van der Waals surface area contributed by atoms with Gasteiger partial charge in [-0.05, 0) is 56.2 Å². The van der Waals surface area contributed by atoms with Gasteiger partial charge in [-0.2, -0.15) is 0 Å². The first-order chi connectivity index (χ1) is 11.1. The second-order valence-electron chi connectivity index (χ2n) is 6.64. The molecule has 0 saturated heterocycles. The van der Waals surface area contributed by atoms with Crippen LogP contribution >= 0.6 is 0 Å². The number of rotatable bonds is 6. The van der Waals surface area contributed by atoms with Gasteiger partial charge in [0, 0.05) is 18.0 Å². The van der Waals surface area contributed by atoms with E-state index >= 15 is 0 Å². The van der Waals surface area contributed by atoms with Crippen LogP contribution in [0.3, 0.4) is 0 Å².